The summed E-state index contributed by atoms with van der Waals surface area (Å²) in [5.74, 6) is -2.07. The maximum Gasteiger partial charge on any atom is 0.310 e. The van der Waals surface area contributed by atoms with Crippen molar-refractivity contribution in [2.45, 2.75) is 50.9 Å². The van der Waals surface area contributed by atoms with Crippen molar-refractivity contribution in [2.24, 2.45) is 0 Å². The summed E-state index contributed by atoms with van der Waals surface area (Å²) < 4.78 is 0. The van der Waals surface area contributed by atoms with Gasteiger partial charge in [-0.1, -0.05) is 80.3 Å². The fourth-order valence-corrected chi connectivity index (χ4v) is 3.25. The van der Waals surface area contributed by atoms with Crippen LogP contribution in [0.25, 0.3) is 11.1 Å². The van der Waals surface area contributed by atoms with Gasteiger partial charge >= 0.3 is 11.9 Å². The van der Waals surface area contributed by atoms with Crippen molar-refractivity contribution in [3.8, 4) is 11.1 Å². The fourth-order valence-electron chi connectivity index (χ4n) is 3.25. The average molecular weight is 354 g/mol. The molecule has 0 saturated heterocycles. The molecule has 4 heteroatoms. The molecule has 0 aromatic heterocycles. The lowest BCUT2D eigenvalue weighted by Gasteiger charge is -2.17. The summed E-state index contributed by atoms with van der Waals surface area (Å²) in [6.45, 7) is 0. The summed E-state index contributed by atoms with van der Waals surface area (Å²) in [6, 6.07) is 17.6. The Morgan fingerprint density at radius 2 is 1.38 bits per heavy atom. The van der Waals surface area contributed by atoms with E-state index < -0.39 is 17.9 Å². The van der Waals surface area contributed by atoms with E-state index in [1.54, 1.807) is 0 Å². The Morgan fingerprint density at radius 3 is 2.08 bits per heavy atom. The summed E-state index contributed by atoms with van der Waals surface area (Å²) in [5, 5.41) is 18.4. The van der Waals surface area contributed by atoms with Gasteiger partial charge in [-0.05, 0) is 29.5 Å². The predicted octanol–water partition coefficient (Wildman–Crippen LogP) is 5.34. The molecule has 138 valence electrons. The van der Waals surface area contributed by atoms with Crippen molar-refractivity contribution in [1.82, 2.24) is 0 Å². The van der Waals surface area contributed by atoms with Crippen LogP contribution in [0.2, 0.25) is 0 Å². The number of benzene rings is 2. The van der Waals surface area contributed by atoms with Gasteiger partial charge in [0.05, 0.1) is 5.92 Å². The van der Waals surface area contributed by atoms with Crippen molar-refractivity contribution in [1.29, 1.82) is 0 Å². The van der Waals surface area contributed by atoms with Crippen LogP contribution in [0.5, 0.6) is 0 Å². The number of rotatable bonds is 11. The molecule has 0 saturated carbocycles. The molecule has 2 N–H and O–H groups in total. The molecule has 4 nitrogen and oxygen atoms in total. The molecular formula is C22H26O4. The lowest BCUT2D eigenvalue weighted by Crippen LogP contribution is -2.12. The standard InChI is InChI=1S/C22H26O4/c23-21(24)16-8-3-1-2-7-15-20(22(25)26)19-14-10-9-13-18(19)17-11-5-4-6-12-17/h4-6,9-14,20H,1-3,7-8,15-16H2,(H,23,24)(H,25,26). The molecule has 2 aromatic rings. The van der Waals surface area contributed by atoms with Gasteiger partial charge in [-0.15, -0.1) is 0 Å². The van der Waals surface area contributed by atoms with Crippen LogP contribution in [0.4, 0.5) is 0 Å². The van der Waals surface area contributed by atoms with Gasteiger partial charge in [0.2, 0.25) is 0 Å². The Labute approximate surface area is 154 Å². The highest BCUT2D eigenvalue weighted by Gasteiger charge is 2.22. The van der Waals surface area contributed by atoms with E-state index >= 15 is 0 Å². The highest BCUT2D eigenvalue weighted by atomic mass is 16.4. The normalized spacial score (nSPS) is 11.8. The largest absolute Gasteiger partial charge is 0.481 e. The maximum absolute atomic E-state index is 11.9. The van der Waals surface area contributed by atoms with Gasteiger partial charge in [0.15, 0.2) is 0 Å². The molecule has 0 heterocycles. The molecule has 0 fully saturated rings. The van der Waals surface area contributed by atoms with Crippen LogP contribution in [-0.4, -0.2) is 22.2 Å². The summed E-state index contributed by atoms with van der Waals surface area (Å²) in [6.07, 6.45) is 5.07. The van der Waals surface area contributed by atoms with Crippen molar-refractivity contribution in [3.63, 3.8) is 0 Å². The van der Waals surface area contributed by atoms with E-state index in [1.165, 1.54) is 0 Å². The first kappa shape index (κ1) is 19.7. The zero-order valence-electron chi connectivity index (χ0n) is 14.9. The zero-order valence-corrected chi connectivity index (χ0v) is 14.9. The Morgan fingerprint density at radius 1 is 0.769 bits per heavy atom. The second-order valence-corrected chi connectivity index (χ2v) is 6.54. The van der Waals surface area contributed by atoms with Crippen LogP contribution in [0.3, 0.4) is 0 Å². The lowest BCUT2D eigenvalue weighted by molar-refractivity contribution is -0.139. The van der Waals surface area contributed by atoms with Crippen LogP contribution in [-0.2, 0) is 9.59 Å². The van der Waals surface area contributed by atoms with E-state index in [4.69, 9.17) is 5.11 Å². The fraction of sp³-hybridized carbons (Fsp3) is 0.364. The van der Waals surface area contributed by atoms with E-state index in [0.717, 1.165) is 42.4 Å². The van der Waals surface area contributed by atoms with Gasteiger partial charge in [-0.2, -0.15) is 0 Å². The summed E-state index contributed by atoms with van der Waals surface area (Å²) in [5.41, 5.74) is 2.86. The van der Waals surface area contributed by atoms with Crippen LogP contribution in [0.1, 0.15) is 56.4 Å². The molecule has 1 unspecified atom stereocenters. The summed E-state index contributed by atoms with van der Waals surface area (Å²) in [7, 11) is 0. The maximum atomic E-state index is 11.9. The number of hydrogen-bond donors (Lipinski definition) is 2. The van der Waals surface area contributed by atoms with E-state index in [0.29, 0.717) is 12.8 Å². The van der Waals surface area contributed by atoms with Crippen molar-refractivity contribution in [2.75, 3.05) is 0 Å². The second kappa shape index (κ2) is 10.4. The molecule has 0 radical (unpaired) electrons. The molecule has 0 spiro atoms. The first-order chi connectivity index (χ1) is 12.6. The number of hydrogen-bond acceptors (Lipinski definition) is 2. The highest BCUT2D eigenvalue weighted by molar-refractivity contribution is 5.81. The SMILES string of the molecule is O=C(O)CCCCCCCC(C(=O)O)c1ccccc1-c1ccccc1. The number of carboxylic acids is 2. The predicted molar refractivity (Wildman–Crippen MR) is 102 cm³/mol. The first-order valence-corrected chi connectivity index (χ1v) is 9.18. The molecular weight excluding hydrogens is 328 g/mol. The van der Waals surface area contributed by atoms with Gasteiger partial charge in [-0.25, -0.2) is 0 Å². The quantitative estimate of drug-likeness (QED) is 0.534. The molecule has 0 bridgehead atoms. The third-order valence-corrected chi connectivity index (χ3v) is 4.60. The minimum atomic E-state index is -0.792. The molecule has 26 heavy (non-hydrogen) atoms. The van der Waals surface area contributed by atoms with Crippen molar-refractivity contribution >= 4 is 11.9 Å². The molecule has 0 aliphatic rings. The number of carbonyl (C=O) groups is 2. The number of carboxylic acid groups (broad SMARTS) is 2. The topological polar surface area (TPSA) is 74.6 Å². The second-order valence-electron chi connectivity index (χ2n) is 6.54. The molecule has 2 rings (SSSR count). The van der Waals surface area contributed by atoms with Gasteiger partial charge in [0.1, 0.15) is 0 Å². The van der Waals surface area contributed by atoms with Crippen LogP contribution < -0.4 is 0 Å². The molecule has 2 aromatic carbocycles. The van der Waals surface area contributed by atoms with Crippen molar-refractivity contribution in [3.05, 3.63) is 60.2 Å². The van der Waals surface area contributed by atoms with Crippen LogP contribution in [0.15, 0.2) is 54.6 Å². The zero-order chi connectivity index (χ0) is 18.8. The average Bonchev–Trinajstić information content (AvgIpc) is 2.64. The van der Waals surface area contributed by atoms with E-state index in [9.17, 15) is 14.7 Å². The summed E-state index contributed by atoms with van der Waals surface area (Å²) in [4.78, 5) is 22.4. The van der Waals surface area contributed by atoms with E-state index in [1.807, 2.05) is 54.6 Å². The number of unbranched alkanes of at least 4 members (excludes halogenated alkanes) is 4. The molecule has 1 atom stereocenters. The van der Waals surface area contributed by atoms with Crippen LogP contribution >= 0.6 is 0 Å². The van der Waals surface area contributed by atoms with Gasteiger partial charge in [-0.3, -0.25) is 9.59 Å². The van der Waals surface area contributed by atoms with Gasteiger partial charge in [0, 0.05) is 6.42 Å². The molecule has 0 aliphatic heterocycles. The first-order valence-electron chi connectivity index (χ1n) is 9.18. The Kier molecular flexibility index (Phi) is 7.87. The Bertz CT molecular complexity index is 709. The van der Waals surface area contributed by atoms with Crippen molar-refractivity contribution < 1.29 is 19.8 Å². The number of aliphatic carboxylic acids is 2. The molecule has 0 aliphatic carbocycles. The Hall–Kier alpha value is -2.62. The minimum absolute atomic E-state index is 0.211. The van der Waals surface area contributed by atoms with Gasteiger partial charge in [0.25, 0.3) is 0 Å². The minimum Gasteiger partial charge on any atom is -0.481 e. The smallest absolute Gasteiger partial charge is 0.310 e. The third-order valence-electron chi connectivity index (χ3n) is 4.60. The monoisotopic (exact) mass is 354 g/mol. The summed E-state index contributed by atoms with van der Waals surface area (Å²) >= 11 is 0. The highest BCUT2D eigenvalue weighted by Crippen LogP contribution is 2.32. The van der Waals surface area contributed by atoms with Gasteiger partial charge < -0.3 is 10.2 Å². The Balaban J connectivity index is 1.98. The molecule has 0 amide bonds. The lowest BCUT2D eigenvalue weighted by atomic mass is 9.87. The van der Waals surface area contributed by atoms with Crippen LogP contribution in [0, 0.1) is 0 Å². The third kappa shape index (κ3) is 6.03. The van der Waals surface area contributed by atoms with E-state index in [-0.39, 0.29) is 6.42 Å². The van der Waals surface area contributed by atoms with E-state index in [2.05, 4.69) is 0 Å².